The highest BCUT2D eigenvalue weighted by Crippen LogP contribution is 2.21. The number of benzene rings is 1. The Bertz CT molecular complexity index is 536. The summed E-state index contributed by atoms with van der Waals surface area (Å²) in [7, 11) is -3.56. The summed E-state index contributed by atoms with van der Waals surface area (Å²) in [5.74, 6) is -0.562. The summed E-state index contributed by atoms with van der Waals surface area (Å²) in [6.07, 6.45) is 1.07. The number of nitrogens with zero attached hydrogens (tertiary/aromatic N) is 1. The molecular formula is C13H19NO4S. The Hall–Kier alpha value is -1.56. The molecule has 1 unspecified atom stereocenters. The second-order valence-corrected chi connectivity index (χ2v) is 6.18. The monoisotopic (exact) mass is 285 g/mol. The van der Waals surface area contributed by atoms with Crippen LogP contribution in [0.15, 0.2) is 24.3 Å². The Morgan fingerprint density at radius 2 is 1.84 bits per heavy atom. The number of sulfonamides is 1. The van der Waals surface area contributed by atoms with Crippen LogP contribution in [0.4, 0.5) is 5.69 Å². The van der Waals surface area contributed by atoms with Crippen LogP contribution in [-0.4, -0.2) is 33.3 Å². The fraction of sp³-hybridized carbons (Fsp3) is 0.462. The van der Waals surface area contributed by atoms with Gasteiger partial charge in [0.1, 0.15) is 6.04 Å². The molecule has 19 heavy (non-hydrogen) atoms. The maximum absolute atomic E-state index is 11.9. The zero-order valence-electron chi connectivity index (χ0n) is 11.6. The van der Waals surface area contributed by atoms with Crippen LogP contribution in [0.2, 0.25) is 0 Å². The number of anilines is 1. The van der Waals surface area contributed by atoms with E-state index in [1.54, 1.807) is 31.2 Å². The topological polar surface area (TPSA) is 63.7 Å². The Morgan fingerprint density at radius 3 is 2.26 bits per heavy atom. The van der Waals surface area contributed by atoms with Crippen LogP contribution in [-0.2, 0) is 19.6 Å². The van der Waals surface area contributed by atoms with Gasteiger partial charge in [0, 0.05) is 0 Å². The molecule has 0 saturated heterocycles. The van der Waals surface area contributed by atoms with Crippen LogP contribution in [0.1, 0.15) is 19.4 Å². The molecule has 0 N–H and O–H groups in total. The smallest absolute Gasteiger partial charge is 0.329 e. The van der Waals surface area contributed by atoms with Gasteiger partial charge in [-0.2, -0.15) is 0 Å². The molecule has 0 amide bonds. The molecule has 0 aliphatic rings. The number of esters is 1. The standard InChI is InChI=1S/C13H19NO4S/c1-5-18-13(15)11(3)14(19(4,16)17)12-8-6-10(2)7-9-12/h6-9,11H,5H2,1-4H3. The largest absolute Gasteiger partial charge is 0.464 e. The fourth-order valence-corrected chi connectivity index (χ4v) is 2.92. The third-order valence-electron chi connectivity index (χ3n) is 2.63. The van der Waals surface area contributed by atoms with Crippen molar-refractivity contribution in [2.24, 2.45) is 0 Å². The maximum atomic E-state index is 11.9. The Balaban J connectivity index is 3.16. The Morgan fingerprint density at radius 1 is 1.32 bits per heavy atom. The van der Waals surface area contributed by atoms with Crippen molar-refractivity contribution >= 4 is 21.7 Å². The van der Waals surface area contributed by atoms with E-state index in [1.165, 1.54) is 6.92 Å². The molecule has 0 bridgehead atoms. The molecule has 0 radical (unpaired) electrons. The molecule has 0 fully saturated rings. The van der Waals surface area contributed by atoms with Gasteiger partial charge in [-0.1, -0.05) is 17.7 Å². The van der Waals surface area contributed by atoms with Crippen molar-refractivity contribution < 1.29 is 17.9 Å². The lowest BCUT2D eigenvalue weighted by Gasteiger charge is -2.27. The second kappa shape index (κ2) is 6.06. The number of carbonyl (C=O) groups is 1. The number of rotatable bonds is 5. The van der Waals surface area contributed by atoms with Crippen LogP contribution in [0.5, 0.6) is 0 Å². The van der Waals surface area contributed by atoms with E-state index in [0.29, 0.717) is 5.69 Å². The average molecular weight is 285 g/mol. The molecule has 106 valence electrons. The van der Waals surface area contributed by atoms with Crippen LogP contribution < -0.4 is 4.31 Å². The lowest BCUT2D eigenvalue weighted by Crippen LogP contribution is -2.43. The van der Waals surface area contributed by atoms with E-state index in [0.717, 1.165) is 16.1 Å². The summed E-state index contributed by atoms with van der Waals surface area (Å²) in [6.45, 7) is 5.32. The SMILES string of the molecule is CCOC(=O)C(C)N(c1ccc(C)cc1)S(C)(=O)=O. The Kier molecular flexibility index (Phi) is 4.94. The predicted molar refractivity (Wildman–Crippen MR) is 74.6 cm³/mol. The van der Waals surface area contributed by atoms with Gasteiger partial charge in [0.15, 0.2) is 0 Å². The minimum Gasteiger partial charge on any atom is -0.464 e. The average Bonchev–Trinajstić information content (AvgIpc) is 2.30. The molecule has 1 rings (SSSR count). The minimum absolute atomic E-state index is 0.217. The molecule has 6 heteroatoms. The van der Waals surface area contributed by atoms with Crippen molar-refractivity contribution in [1.82, 2.24) is 0 Å². The van der Waals surface area contributed by atoms with E-state index in [4.69, 9.17) is 4.74 Å². The van der Waals surface area contributed by atoms with Gasteiger partial charge in [0.25, 0.3) is 0 Å². The quantitative estimate of drug-likeness (QED) is 0.773. The number of aryl methyl sites for hydroxylation is 1. The summed E-state index contributed by atoms with van der Waals surface area (Å²) >= 11 is 0. The van der Waals surface area contributed by atoms with Crippen LogP contribution in [0, 0.1) is 6.92 Å². The highest BCUT2D eigenvalue weighted by Gasteiger charge is 2.29. The lowest BCUT2D eigenvalue weighted by molar-refractivity contribution is -0.144. The zero-order valence-corrected chi connectivity index (χ0v) is 12.4. The zero-order chi connectivity index (χ0) is 14.6. The third-order valence-corrected chi connectivity index (χ3v) is 3.87. The van der Waals surface area contributed by atoms with E-state index in [9.17, 15) is 13.2 Å². The van der Waals surface area contributed by atoms with Gasteiger partial charge < -0.3 is 4.74 Å². The van der Waals surface area contributed by atoms with Crippen molar-refractivity contribution in [3.8, 4) is 0 Å². The van der Waals surface area contributed by atoms with Gasteiger partial charge in [-0.25, -0.2) is 13.2 Å². The van der Waals surface area contributed by atoms with Gasteiger partial charge in [0.2, 0.25) is 10.0 Å². The van der Waals surface area contributed by atoms with Crippen molar-refractivity contribution in [3.63, 3.8) is 0 Å². The maximum Gasteiger partial charge on any atom is 0.329 e. The molecule has 0 aliphatic carbocycles. The van der Waals surface area contributed by atoms with Crippen LogP contribution in [0.25, 0.3) is 0 Å². The summed E-state index contributed by atoms with van der Waals surface area (Å²) in [6, 6.07) is 6.05. The number of hydrogen-bond acceptors (Lipinski definition) is 4. The minimum atomic E-state index is -3.56. The lowest BCUT2D eigenvalue weighted by atomic mass is 10.2. The third kappa shape index (κ3) is 3.96. The van der Waals surface area contributed by atoms with Crippen LogP contribution >= 0.6 is 0 Å². The first-order valence-corrected chi connectivity index (χ1v) is 7.85. The van der Waals surface area contributed by atoms with Crippen molar-refractivity contribution in [2.75, 3.05) is 17.2 Å². The molecular weight excluding hydrogens is 266 g/mol. The van der Waals surface area contributed by atoms with Crippen molar-refractivity contribution in [3.05, 3.63) is 29.8 Å². The van der Waals surface area contributed by atoms with E-state index in [-0.39, 0.29) is 6.61 Å². The molecule has 0 heterocycles. The first-order chi connectivity index (χ1) is 8.77. The predicted octanol–water partition coefficient (Wildman–Crippen LogP) is 1.71. The number of hydrogen-bond donors (Lipinski definition) is 0. The molecule has 1 aromatic carbocycles. The highest BCUT2D eigenvalue weighted by molar-refractivity contribution is 7.92. The van der Waals surface area contributed by atoms with Gasteiger partial charge in [0.05, 0.1) is 18.6 Å². The fourth-order valence-electron chi connectivity index (χ4n) is 1.75. The number of carbonyl (C=O) groups excluding carboxylic acids is 1. The molecule has 0 aromatic heterocycles. The van der Waals surface area contributed by atoms with E-state index in [2.05, 4.69) is 0 Å². The van der Waals surface area contributed by atoms with E-state index >= 15 is 0 Å². The highest BCUT2D eigenvalue weighted by atomic mass is 32.2. The first-order valence-electron chi connectivity index (χ1n) is 6.00. The molecule has 0 aliphatic heterocycles. The summed E-state index contributed by atoms with van der Waals surface area (Å²) in [5.41, 5.74) is 1.47. The summed E-state index contributed by atoms with van der Waals surface area (Å²) in [5, 5.41) is 0. The van der Waals surface area contributed by atoms with Crippen molar-refractivity contribution in [1.29, 1.82) is 0 Å². The normalized spacial score (nSPS) is 12.8. The van der Waals surface area contributed by atoms with Gasteiger partial charge in [-0.3, -0.25) is 4.31 Å². The summed E-state index contributed by atoms with van der Waals surface area (Å²) < 4.78 is 29.7. The Labute approximate surface area is 114 Å². The molecule has 5 nitrogen and oxygen atoms in total. The number of ether oxygens (including phenoxy) is 1. The van der Waals surface area contributed by atoms with E-state index < -0.39 is 22.0 Å². The van der Waals surface area contributed by atoms with Crippen molar-refractivity contribution in [2.45, 2.75) is 26.8 Å². The molecule has 0 saturated carbocycles. The first kappa shape index (κ1) is 15.5. The molecule has 1 aromatic rings. The van der Waals surface area contributed by atoms with Gasteiger partial charge in [-0.15, -0.1) is 0 Å². The van der Waals surface area contributed by atoms with Gasteiger partial charge in [-0.05, 0) is 32.9 Å². The van der Waals surface area contributed by atoms with E-state index in [1.807, 2.05) is 6.92 Å². The van der Waals surface area contributed by atoms with Gasteiger partial charge >= 0.3 is 5.97 Å². The summed E-state index contributed by atoms with van der Waals surface area (Å²) in [4.78, 5) is 11.7. The molecule has 1 atom stereocenters. The molecule has 0 spiro atoms. The second-order valence-electron chi connectivity index (χ2n) is 4.32. The van der Waals surface area contributed by atoms with Crippen LogP contribution in [0.3, 0.4) is 0 Å².